The Kier molecular flexibility index (Phi) is 3.67. The topological polar surface area (TPSA) is 46.5 Å². The number of carboxylic acids is 1. The minimum Gasteiger partial charge on any atom is -0.478 e. The minimum atomic E-state index is -1.03. The molecule has 4 heteroatoms. The Labute approximate surface area is 80.4 Å². The summed E-state index contributed by atoms with van der Waals surface area (Å²) in [6.45, 7) is -0.897. The van der Waals surface area contributed by atoms with Crippen LogP contribution in [0.25, 0.3) is 6.08 Å². The van der Waals surface area contributed by atoms with Crippen molar-refractivity contribution in [2.45, 2.75) is 0 Å². The van der Waals surface area contributed by atoms with Crippen LogP contribution < -0.4 is 4.74 Å². The summed E-state index contributed by atoms with van der Waals surface area (Å²) in [4.78, 5) is 10.2. The van der Waals surface area contributed by atoms with E-state index in [1.807, 2.05) is 0 Å². The maximum absolute atomic E-state index is 11.8. The monoisotopic (exact) mass is 196 g/mol. The molecule has 1 aromatic carbocycles. The number of carboxylic acid groups (broad SMARTS) is 1. The Morgan fingerprint density at radius 2 is 2.36 bits per heavy atom. The van der Waals surface area contributed by atoms with E-state index in [1.165, 1.54) is 6.08 Å². The molecule has 1 aromatic rings. The van der Waals surface area contributed by atoms with Crippen molar-refractivity contribution < 1.29 is 19.0 Å². The SMILES string of the molecule is O=C(O)/C=C/c1cccc(OCF)c1. The molecule has 0 atom stereocenters. The van der Waals surface area contributed by atoms with E-state index in [0.717, 1.165) is 6.08 Å². The summed E-state index contributed by atoms with van der Waals surface area (Å²) in [5.74, 6) is -0.651. The largest absolute Gasteiger partial charge is 0.478 e. The fourth-order valence-corrected chi connectivity index (χ4v) is 0.939. The lowest BCUT2D eigenvalue weighted by Crippen LogP contribution is -1.90. The lowest BCUT2D eigenvalue weighted by atomic mass is 10.2. The van der Waals surface area contributed by atoms with Gasteiger partial charge < -0.3 is 9.84 Å². The highest BCUT2D eigenvalue weighted by Gasteiger charge is 1.94. The number of halogens is 1. The number of ether oxygens (including phenoxy) is 1. The summed E-state index contributed by atoms with van der Waals surface area (Å²) >= 11 is 0. The molecule has 0 radical (unpaired) electrons. The van der Waals surface area contributed by atoms with Gasteiger partial charge in [-0.15, -0.1) is 0 Å². The van der Waals surface area contributed by atoms with Gasteiger partial charge in [0, 0.05) is 6.08 Å². The molecule has 14 heavy (non-hydrogen) atoms. The van der Waals surface area contributed by atoms with Gasteiger partial charge in [0.25, 0.3) is 0 Å². The van der Waals surface area contributed by atoms with Gasteiger partial charge in [-0.1, -0.05) is 12.1 Å². The zero-order valence-corrected chi connectivity index (χ0v) is 7.31. The molecular formula is C10H9FO3. The van der Waals surface area contributed by atoms with E-state index < -0.39 is 12.8 Å². The Balaban J connectivity index is 2.77. The Hall–Kier alpha value is -1.84. The first kappa shape index (κ1) is 10.2. The molecule has 0 heterocycles. The molecular weight excluding hydrogens is 187 g/mol. The number of hydrogen-bond donors (Lipinski definition) is 1. The zero-order chi connectivity index (χ0) is 10.4. The lowest BCUT2D eigenvalue weighted by molar-refractivity contribution is -0.131. The van der Waals surface area contributed by atoms with Crippen molar-refractivity contribution in [3.63, 3.8) is 0 Å². The zero-order valence-electron chi connectivity index (χ0n) is 7.31. The van der Waals surface area contributed by atoms with Crippen LogP contribution in [0.15, 0.2) is 30.3 Å². The van der Waals surface area contributed by atoms with Gasteiger partial charge in [-0.3, -0.25) is 0 Å². The number of alkyl halides is 1. The van der Waals surface area contributed by atoms with Crippen molar-refractivity contribution in [3.8, 4) is 5.75 Å². The summed E-state index contributed by atoms with van der Waals surface area (Å²) in [5, 5.41) is 8.37. The number of aliphatic carboxylic acids is 1. The van der Waals surface area contributed by atoms with Crippen molar-refractivity contribution in [3.05, 3.63) is 35.9 Å². The third-order valence-electron chi connectivity index (χ3n) is 1.50. The first-order chi connectivity index (χ1) is 6.72. The van der Waals surface area contributed by atoms with Gasteiger partial charge in [0.15, 0.2) is 0 Å². The maximum atomic E-state index is 11.8. The summed E-state index contributed by atoms with van der Waals surface area (Å²) in [6, 6.07) is 6.51. The van der Waals surface area contributed by atoms with Crippen LogP contribution in [0.1, 0.15) is 5.56 Å². The molecule has 3 nitrogen and oxygen atoms in total. The summed E-state index contributed by atoms with van der Waals surface area (Å²) < 4.78 is 16.4. The Morgan fingerprint density at radius 1 is 1.57 bits per heavy atom. The highest BCUT2D eigenvalue weighted by molar-refractivity contribution is 5.85. The summed E-state index contributed by atoms with van der Waals surface area (Å²) in [6.07, 6.45) is 2.42. The van der Waals surface area contributed by atoms with Gasteiger partial charge in [0.1, 0.15) is 5.75 Å². The smallest absolute Gasteiger partial charge is 0.328 e. The van der Waals surface area contributed by atoms with Crippen LogP contribution in [0, 0.1) is 0 Å². The molecule has 0 bridgehead atoms. The predicted octanol–water partition coefficient (Wildman–Crippen LogP) is 2.09. The molecule has 1 N–H and O–H groups in total. The van der Waals surface area contributed by atoms with Crippen LogP contribution in [-0.2, 0) is 4.79 Å². The highest BCUT2D eigenvalue weighted by atomic mass is 19.1. The van der Waals surface area contributed by atoms with Gasteiger partial charge in [-0.25, -0.2) is 9.18 Å². The van der Waals surface area contributed by atoms with Gasteiger partial charge in [-0.2, -0.15) is 0 Å². The van der Waals surface area contributed by atoms with Gasteiger partial charge in [0.2, 0.25) is 6.86 Å². The van der Waals surface area contributed by atoms with Crippen LogP contribution >= 0.6 is 0 Å². The van der Waals surface area contributed by atoms with E-state index in [1.54, 1.807) is 24.3 Å². The van der Waals surface area contributed by atoms with E-state index in [-0.39, 0.29) is 0 Å². The highest BCUT2D eigenvalue weighted by Crippen LogP contribution is 2.14. The number of benzene rings is 1. The minimum absolute atomic E-state index is 0.375. The number of hydrogen-bond acceptors (Lipinski definition) is 2. The molecule has 0 aromatic heterocycles. The molecule has 0 aliphatic rings. The molecule has 0 saturated heterocycles. The lowest BCUT2D eigenvalue weighted by Gasteiger charge is -2.00. The average molecular weight is 196 g/mol. The average Bonchev–Trinajstić information content (AvgIpc) is 2.16. The molecule has 0 amide bonds. The third kappa shape index (κ3) is 3.26. The van der Waals surface area contributed by atoms with Crippen LogP contribution in [0.5, 0.6) is 5.75 Å². The van der Waals surface area contributed by atoms with Crippen molar-refractivity contribution in [2.75, 3.05) is 6.86 Å². The Morgan fingerprint density at radius 3 is 3.00 bits per heavy atom. The Bertz CT molecular complexity index is 347. The molecule has 74 valence electrons. The third-order valence-corrected chi connectivity index (χ3v) is 1.50. The summed E-state index contributed by atoms with van der Waals surface area (Å²) in [7, 11) is 0. The van der Waals surface area contributed by atoms with E-state index in [4.69, 9.17) is 5.11 Å². The molecule has 0 fully saturated rings. The van der Waals surface area contributed by atoms with Crippen molar-refractivity contribution >= 4 is 12.0 Å². The first-order valence-electron chi connectivity index (χ1n) is 3.92. The van der Waals surface area contributed by atoms with Crippen LogP contribution in [0.3, 0.4) is 0 Å². The standard InChI is InChI=1S/C10H9FO3/c11-7-14-9-3-1-2-8(6-9)4-5-10(12)13/h1-6H,7H2,(H,12,13)/b5-4+. The molecule has 0 spiro atoms. The number of carbonyl (C=O) groups is 1. The van der Waals surface area contributed by atoms with E-state index >= 15 is 0 Å². The van der Waals surface area contributed by atoms with Crippen molar-refractivity contribution in [1.29, 1.82) is 0 Å². The molecule has 0 aliphatic heterocycles. The summed E-state index contributed by atoms with van der Waals surface area (Å²) in [5.41, 5.74) is 0.651. The quantitative estimate of drug-likeness (QED) is 0.750. The molecule has 0 saturated carbocycles. The molecule has 0 aliphatic carbocycles. The van der Waals surface area contributed by atoms with Gasteiger partial charge in [0.05, 0.1) is 0 Å². The first-order valence-corrected chi connectivity index (χ1v) is 3.92. The van der Waals surface area contributed by atoms with E-state index in [9.17, 15) is 9.18 Å². The van der Waals surface area contributed by atoms with Crippen molar-refractivity contribution in [2.24, 2.45) is 0 Å². The van der Waals surface area contributed by atoms with Crippen LogP contribution in [0.4, 0.5) is 4.39 Å². The maximum Gasteiger partial charge on any atom is 0.328 e. The predicted molar refractivity (Wildman–Crippen MR) is 49.7 cm³/mol. The van der Waals surface area contributed by atoms with Crippen LogP contribution in [-0.4, -0.2) is 17.9 Å². The van der Waals surface area contributed by atoms with E-state index in [2.05, 4.69) is 4.74 Å². The van der Waals surface area contributed by atoms with E-state index in [0.29, 0.717) is 11.3 Å². The second-order valence-corrected chi connectivity index (χ2v) is 2.50. The second kappa shape index (κ2) is 5.01. The fourth-order valence-electron chi connectivity index (χ4n) is 0.939. The van der Waals surface area contributed by atoms with Crippen LogP contribution in [0.2, 0.25) is 0 Å². The van der Waals surface area contributed by atoms with Gasteiger partial charge in [-0.05, 0) is 23.8 Å². The fraction of sp³-hybridized carbons (Fsp3) is 0.100. The number of rotatable bonds is 4. The molecule has 1 rings (SSSR count). The molecule has 0 unspecified atom stereocenters. The normalized spacial score (nSPS) is 10.4. The van der Waals surface area contributed by atoms with Crippen molar-refractivity contribution in [1.82, 2.24) is 0 Å². The van der Waals surface area contributed by atoms with Gasteiger partial charge >= 0.3 is 5.97 Å². The second-order valence-electron chi connectivity index (χ2n) is 2.50.